The first-order chi connectivity index (χ1) is 49.7. The summed E-state index contributed by atoms with van der Waals surface area (Å²) in [6.07, 6.45) is 11.1. The molecule has 8 heteroatoms. The van der Waals surface area contributed by atoms with Gasteiger partial charge < -0.3 is 0 Å². The maximum atomic E-state index is 4.72. The summed E-state index contributed by atoms with van der Waals surface area (Å²) in [4.78, 5) is 34.9. The lowest BCUT2D eigenvalue weighted by Crippen LogP contribution is -2.22. The van der Waals surface area contributed by atoms with Crippen molar-refractivity contribution in [3.8, 4) is 0 Å². The Bertz CT molecular complexity index is 3340. The first kappa shape index (κ1) is 103. The predicted octanol–water partition coefficient (Wildman–Crippen LogP) is 29.4. The maximum Gasteiger partial charge on any atom is 0.137 e. The van der Waals surface area contributed by atoms with Crippen molar-refractivity contribution < 1.29 is 0 Å². The third-order valence-corrected chi connectivity index (χ3v) is 19.1. The molecule has 0 unspecified atom stereocenters. The van der Waals surface area contributed by atoms with Crippen LogP contribution in [0.25, 0.3) is 0 Å². The molecular formula is C104H168N8. The van der Waals surface area contributed by atoms with Crippen LogP contribution in [0.5, 0.6) is 0 Å². The summed E-state index contributed by atoms with van der Waals surface area (Å²) in [6, 6.07) is 39.7. The Balaban J connectivity index is 0.000000640. The van der Waals surface area contributed by atoms with Crippen LogP contribution >= 0.6 is 0 Å². The number of aromatic nitrogens is 8. The van der Waals surface area contributed by atoms with Gasteiger partial charge in [0.2, 0.25) is 0 Å². The largest absolute Gasteiger partial charge is 0.264 e. The number of hydrogen-bond acceptors (Lipinski definition) is 8. The molecule has 8 aromatic rings. The highest BCUT2D eigenvalue weighted by atomic mass is 15.0. The van der Waals surface area contributed by atoms with Crippen molar-refractivity contribution in [2.75, 3.05) is 0 Å². The van der Waals surface area contributed by atoms with Crippen LogP contribution in [-0.4, -0.2) is 39.9 Å². The fourth-order valence-electron chi connectivity index (χ4n) is 10.7. The van der Waals surface area contributed by atoms with Crippen LogP contribution in [0.2, 0.25) is 0 Å². The van der Waals surface area contributed by atoms with Crippen LogP contribution in [0.15, 0.2) is 147 Å². The first-order valence-corrected chi connectivity index (χ1v) is 41.5. The van der Waals surface area contributed by atoms with Gasteiger partial charge in [-0.2, -0.15) is 0 Å². The molecule has 0 aliphatic heterocycles. The SMILES string of the molecule is CC(C)(C)c1cc(C(C)(C)C)ncn1.CC(C)(C)c1ccc(C(C)(C)C)cc1.CC(C)(C)c1cccc(C(C)(C)C)c1.CC(C)(C)c1cccc(C(C)(C)C)n1.CC(C)(C)c1ccccc1C(C)(C)C.CC(C)(C)c1cncc(C(C)(C)C)c1.CC(C)(C)c1cncc(C(C)(C)C)c1.CC(C)(C)c1ncnc(C(C)(C)C)n1. The number of nitrogens with zero attached hydrogens (tertiary/aromatic N) is 8. The lowest BCUT2D eigenvalue weighted by molar-refractivity contribution is 0.495. The molecule has 0 fully saturated rings. The summed E-state index contributed by atoms with van der Waals surface area (Å²) in [5.41, 5.74) is 21.1. The van der Waals surface area contributed by atoms with E-state index in [0.717, 1.165) is 23.0 Å². The molecule has 3 aromatic carbocycles. The van der Waals surface area contributed by atoms with Crippen molar-refractivity contribution in [3.05, 3.63) is 237 Å². The third-order valence-electron chi connectivity index (χ3n) is 19.1. The fraction of sp³-hybridized carbons (Fsp3) is 0.615. The molecule has 0 amide bonds. The standard InChI is InChI=1S/3C14H22.3C13H21N.C12H20N2.C11H19N3/c1-13(2,3)11-7-9-12(10-8-11)14(4,5)6;1-13(2,3)11-8-7-9-12(10-11)14(4,5)6;1-13(2,3)11-9-7-8-10-12(11)14(4,5)6;2*1-12(2,3)10-7-11(9-14-8-10)13(4,5)6;1-12(2,3)10-8-7-9-11(14-10)13(4,5)6;1-11(2,3)9-7-10(12(4,5)6)14-8-13-9;1-10(2,3)8-12-7-13-9(14-8)11(4,5)6/h3*7-10H,1-6H3;3*7-9H,1-6H3;7-8H,1-6H3;7H,1-6H3. The predicted molar refractivity (Wildman–Crippen MR) is 493 cm³/mol. The van der Waals surface area contributed by atoms with Crippen LogP contribution in [0, 0.1) is 0 Å². The van der Waals surface area contributed by atoms with E-state index in [-0.39, 0.29) is 86.6 Å². The van der Waals surface area contributed by atoms with Gasteiger partial charge in [-0.25, -0.2) is 24.9 Å². The van der Waals surface area contributed by atoms with Gasteiger partial charge in [0.1, 0.15) is 24.3 Å². The molecule has 0 radical (unpaired) electrons. The van der Waals surface area contributed by atoms with Crippen molar-refractivity contribution >= 4 is 0 Å². The number of pyridine rings is 3. The van der Waals surface area contributed by atoms with E-state index in [0.29, 0.717) is 0 Å². The molecule has 5 aromatic heterocycles. The lowest BCUT2D eigenvalue weighted by Gasteiger charge is -2.29. The Kier molecular flexibility index (Phi) is 35.7. The topological polar surface area (TPSA) is 103 Å². The minimum atomic E-state index is -0.0110. The second-order valence-electron chi connectivity index (χ2n) is 47.5. The lowest BCUT2D eigenvalue weighted by atomic mass is 9.75. The van der Waals surface area contributed by atoms with Crippen molar-refractivity contribution in [2.24, 2.45) is 0 Å². The highest BCUT2D eigenvalue weighted by Gasteiger charge is 2.28. The van der Waals surface area contributed by atoms with E-state index in [1.165, 1.54) is 67.0 Å². The van der Waals surface area contributed by atoms with Crippen molar-refractivity contribution in [3.63, 3.8) is 0 Å². The molecule has 0 spiro atoms. The summed E-state index contributed by atoms with van der Waals surface area (Å²) in [6.45, 7) is 106. The van der Waals surface area contributed by atoms with E-state index in [2.05, 4.69) is 476 Å². The molecule has 8 rings (SSSR count). The van der Waals surface area contributed by atoms with E-state index >= 15 is 0 Å². The number of rotatable bonds is 0. The zero-order valence-electron chi connectivity index (χ0n) is 81.4. The van der Waals surface area contributed by atoms with Crippen molar-refractivity contribution in [2.45, 2.75) is 419 Å². The average molecular weight is 1530 g/mol. The molecule has 0 saturated heterocycles. The molecule has 5 heterocycles. The third kappa shape index (κ3) is 37.2. The second-order valence-corrected chi connectivity index (χ2v) is 47.5. The molecule has 112 heavy (non-hydrogen) atoms. The molecule has 0 N–H and O–H groups in total. The molecule has 0 saturated carbocycles. The Morgan fingerprint density at radius 1 is 0.170 bits per heavy atom. The number of benzene rings is 3. The van der Waals surface area contributed by atoms with Gasteiger partial charge in [-0.3, -0.25) is 15.0 Å². The Morgan fingerprint density at radius 2 is 0.402 bits per heavy atom. The van der Waals surface area contributed by atoms with Gasteiger partial charge in [-0.05, 0) is 128 Å². The van der Waals surface area contributed by atoms with Gasteiger partial charge in [0.25, 0.3) is 0 Å². The second kappa shape index (κ2) is 38.8. The van der Waals surface area contributed by atoms with E-state index in [9.17, 15) is 0 Å². The van der Waals surface area contributed by atoms with Gasteiger partial charge in [0.05, 0.1) is 0 Å². The highest BCUT2D eigenvalue weighted by Crippen LogP contribution is 2.36. The average Bonchev–Trinajstić information content (AvgIpc) is 0.809. The molecule has 0 aliphatic carbocycles. The first-order valence-electron chi connectivity index (χ1n) is 41.5. The Hall–Kier alpha value is -6.80. The van der Waals surface area contributed by atoms with Crippen molar-refractivity contribution in [1.82, 2.24) is 39.9 Å². The minimum absolute atomic E-state index is 0.0110. The van der Waals surface area contributed by atoms with E-state index in [1.54, 1.807) is 12.7 Å². The summed E-state index contributed by atoms with van der Waals surface area (Å²) in [5.74, 6) is 1.72. The van der Waals surface area contributed by atoms with Crippen LogP contribution < -0.4 is 0 Å². The monoisotopic (exact) mass is 1530 g/mol. The van der Waals surface area contributed by atoms with Crippen molar-refractivity contribution in [1.29, 1.82) is 0 Å². The summed E-state index contributed by atoms with van der Waals surface area (Å²) < 4.78 is 0. The zero-order chi connectivity index (χ0) is 87.9. The van der Waals surface area contributed by atoms with Crippen LogP contribution in [0.1, 0.15) is 422 Å². The van der Waals surface area contributed by atoms with Crippen LogP contribution in [0.3, 0.4) is 0 Å². The minimum Gasteiger partial charge on any atom is -0.264 e. The fourth-order valence-corrected chi connectivity index (χ4v) is 10.7. The molecule has 624 valence electrons. The van der Waals surface area contributed by atoms with Gasteiger partial charge in [0, 0.05) is 80.1 Å². The van der Waals surface area contributed by atoms with Crippen LogP contribution in [0.4, 0.5) is 0 Å². The van der Waals surface area contributed by atoms with Gasteiger partial charge in [-0.15, -0.1) is 0 Å². The summed E-state index contributed by atoms with van der Waals surface area (Å²) in [7, 11) is 0. The quantitative estimate of drug-likeness (QED) is 0.148. The molecule has 0 atom stereocenters. The van der Waals surface area contributed by atoms with Gasteiger partial charge in [0.15, 0.2) is 0 Å². The van der Waals surface area contributed by atoms with Crippen LogP contribution in [-0.2, 0) is 86.6 Å². The smallest absolute Gasteiger partial charge is 0.137 e. The molecule has 8 nitrogen and oxygen atoms in total. The van der Waals surface area contributed by atoms with E-state index < -0.39 is 0 Å². The molecular weight excluding hydrogens is 1360 g/mol. The Labute approximate surface area is 691 Å². The Morgan fingerprint density at radius 3 is 0.625 bits per heavy atom. The van der Waals surface area contributed by atoms with Gasteiger partial charge in [-0.1, -0.05) is 423 Å². The van der Waals surface area contributed by atoms with E-state index in [1.807, 2.05) is 24.8 Å². The molecule has 0 aliphatic rings. The van der Waals surface area contributed by atoms with E-state index in [4.69, 9.17) is 4.98 Å². The summed E-state index contributed by atoms with van der Waals surface area (Å²) >= 11 is 0. The zero-order valence-corrected chi connectivity index (χ0v) is 81.4. The maximum absolute atomic E-state index is 4.72. The normalized spacial score (nSPS) is 13.0. The molecule has 0 bridgehead atoms. The number of hydrogen-bond donors (Lipinski definition) is 0. The van der Waals surface area contributed by atoms with Gasteiger partial charge >= 0.3 is 0 Å². The highest BCUT2D eigenvalue weighted by molar-refractivity contribution is 5.38. The summed E-state index contributed by atoms with van der Waals surface area (Å²) in [5, 5.41) is 0.